The minimum Gasteiger partial charge on any atom is -0.756 e. The summed E-state index contributed by atoms with van der Waals surface area (Å²) in [7, 11) is 1.31. The SMILES string of the molecule is CCCCCC/C=C\CCCCCCCC/C=C\OC[C@H](COP(=O)([O-])OCC[N+](C)(C)C)OC(=O)CCCCCCC/C=C\CCCCCC. The summed E-state index contributed by atoms with van der Waals surface area (Å²) < 4.78 is 34.2. The van der Waals surface area contributed by atoms with Gasteiger partial charge in [-0.1, -0.05) is 122 Å². The normalized spacial score (nSPS) is 14.2. The number of esters is 1. The number of nitrogens with zero attached hydrogens (tertiary/aromatic N) is 1. The van der Waals surface area contributed by atoms with Crippen LogP contribution in [0.2, 0.25) is 0 Å². The van der Waals surface area contributed by atoms with Crippen molar-refractivity contribution in [3.05, 3.63) is 36.6 Å². The van der Waals surface area contributed by atoms with Crippen LogP contribution in [0.3, 0.4) is 0 Å². The average molecular weight is 742 g/mol. The summed E-state index contributed by atoms with van der Waals surface area (Å²) in [5, 5.41) is 0. The number of hydrogen-bond acceptors (Lipinski definition) is 7. The van der Waals surface area contributed by atoms with E-state index in [9.17, 15) is 14.3 Å². The first-order chi connectivity index (χ1) is 24.6. The molecule has 51 heavy (non-hydrogen) atoms. The van der Waals surface area contributed by atoms with Crippen molar-refractivity contribution in [1.82, 2.24) is 0 Å². The van der Waals surface area contributed by atoms with Crippen LogP contribution in [0.25, 0.3) is 0 Å². The second-order valence-corrected chi connectivity index (χ2v) is 16.5. The molecule has 0 fully saturated rings. The van der Waals surface area contributed by atoms with Gasteiger partial charge in [0, 0.05) is 6.42 Å². The predicted octanol–water partition coefficient (Wildman–Crippen LogP) is 11.5. The highest BCUT2D eigenvalue weighted by atomic mass is 31.2. The number of phosphoric ester groups is 1. The molecule has 1 unspecified atom stereocenters. The fraction of sp³-hybridized carbons (Fsp3) is 0.833. The topological polar surface area (TPSA) is 94.1 Å². The molecule has 0 aromatic heterocycles. The van der Waals surface area contributed by atoms with E-state index in [2.05, 4.69) is 38.2 Å². The largest absolute Gasteiger partial charge is 0.756 e. The molecule has 0 N–H and O–H groups in total. The first-order valence-electron chi connectivity index (χ1n) is 20.8. The Morgan fingerprint density at radius 3 is 1.51 bits per heavy atom. The molecule has 0 aromatic rings. The zero-order valence-corrected chi connectivity index (χ0v) is 34.7. The van der Waals surface area contributed by atoms with Crippen LogP contribution < -0.4 is 4.89 Å². The smallest absolute Gasteiger partial charge is 0.306 e. The molecular weight excluding hydrogens is 661 g/mol. The molecule has 0 aliphatic rings. The quantitative estimate of drug-likeness (QED) is 0.0155. The van der Waals surface area contributed by atoms with E-state index in [0.29, 0.717) is 11.0 Å². The Hall–Kier alpha value is -1.44. The van der Waals surface area contributed by atoms with Crippen molar-refractivity contribution >= 4 is 13.8 Å². The maximum atomic E-state index is 12.6. The Kier molecular flexibility index (Phi) is 34.6. The highest BCUT2D eigenvalue weighted by Gasteiger charge is 2.20. The molecule has 9 heteroatoms. The minimum atomic E-state index is -4.54. The van der Waals surface area contributed by atoms with E-state index in [0.717, 1.165) is 44.9 Å². The van der Waals surface area contributed by atoms with Crippen molar-refractivity contribution in [2.24, 2.45) is 0 Å². The molecule has 0 spiro atoms. The highest BCUT2D eigenvalue weighted by Crippen LogP contribution is 2.38. The minimum absolute atomic E-state index is 0.0138. The first-order valence-corrected chi connectivity index (χ1v) is 22.2. The number of unbranched alkanes of at least 4 members (excludes halogenated alkanes) is 20. The number of hydrogen-bond donors (Lipinski definition) is 0. The van der Waals surface area contributed by atoms with Gasteiger partial charge in [-0.05, 0) is 76.7 Å². The molecule has 0 heterocycles. The van der Waals surface area contributed by atoms with Crippen molar-refractivity contribution in [3.63, 3.8) is 0 Å². The number of quaternary nitrogens is 1. The van der Waals surface area contributed by atoms with Gasteiger partial charge in [-0.3, -0.25) is 9.36 Å². The van der Waals surface area contributed by atoms with E-state index in [-0.39, 0.29) is 32.2 Å². The van der Waals surface area contributed by atoms with Crippen molar-refractivity contribution in [2.45, 2.75) is 180 Å². The van der Waals surface area contributed by atoms with E-state index in [4.69, 9.17) is 18.5 Å². The molecule has 0 radical (unpaired) electrons. The maximum Gasteiger partial charge on any atom is 0.306 e. The van der Waals surface area contributed by atoms with E-state index in [1.54, 1.807) is 6.26 Å². The maximum absolute atomic E-state index is 12.6. The highest BCUT2D eigenvalue weighted by molar-refractivity contribution is 7.45. The molecule has 2 atom stereocenters. The standard InChI is InChI=1S/C42H80NO7P/c1-6-8-10-12-14-16-18-20-21-22-24-26-28-30-32-34-37-47-39-41(40-49-51(45,46)48-38-36-43(3,4)5)50-42(44)35-33-31-29-27-25-23-19-17-15-13-11-9-7-2/h16-19,34,37,41H,6-15,20-33,35-36,38-40H2,1-5H3/b18-16-,19-17-,37-34-/t41-/m1/s1. The zero-order valence-electron chi connectivity index (χ0n) is 33.8. The lowest BCUT2D eigenvalue weighted by Gasteiger charge is -2.28. The van der Waals surface area contributed by atoms with Gasteiger partial charge in [-0.15, -0.1) is 0 Å². The van der Waals surface area contributed by atoms with Crippen LogP contribution in [0, 0.1) is 0 Å². The fourth-order valence-corrected chi connectivity index (χ4v) is 6.17. The number of allylic oxidation sites excluding steroid dienone is 5. The molecule has 0 aliphatic heterocycles. The zero-order chi connectivity index (χ0) is 37.7. The number of carbonyl (C=O) groups excluding carboxylic acids is 1. The second-order valence-electron chi connectivity index (χ2n) is 15.1. The summed E-state index contributed by atoms with van der Waals surface area (Å²) in [6.45, 7) is 4.69. The summed E-state index contributed by atoms with van der Waals surface area (Å²) in [6.07, 6.45) is 41.0. The fourth-order valence-electron chi connectivity index (χ4n) is 5.44. The number of phosphoric acid groups is 1. The van der Waals surface area contributed by atoms with Gasteiger partial charge in [0.05, 0.1) is 34.0 Å². The third-order valence-corrected chi connectivity index (χ3v) is 9.69. The van der Waals surface area contributed by atoms with Crippen molar-refractivity contribution in [3.8, 4) is 0 Å². The van der Waals surface area contributed by atoms with Crippen LogP contribution in [0.1, 0.15) is 174 Å². The Labute approximate surface area is 315 Å². The first kappa shape index (κ1) is 49.6. The van der Waals surface area contributed by atoms with Gasteiger partial charge in [0.2, 0.25) is 0 Å². The van der Waals surface area contributed by atoms with Crippen molar-refractivity contribution < 1.29 is 37.3 Å². The van der Waals surface area contributed by atoms with Gasteiger partial charge in [0.15, 0.2) is 6.10 Å². The molecule has 0 rings (SSSR count). The van der Waals surface area contributed by atoms with Crippen LogP contribution >= 0.6 is 7.82 Å². The molecule has 300 valence electrons. The van der Waals surface area contributed by atoms with Crippen LogP contribution in [-0.4, -0.2) is 64.1 Å². The average Bonchev–Trinajstić information content (AvgIpc) is 3.08. The Bertz CT molecular complexity index is 915. The number of likely N-dealkylation sites (N-methyl/N-ethyl adjacent to an activating group) is 1. The van der Waals surface area contributed by atoms with Gasteiger partial charge in [-0.2, -0.15) is 0 Å². The summed E-state index contributed by atoms with van der Waals surface area (Å²) in [6, 6.07) is 0. The molecule has 0 saturated heterocycles. The molecule has 0 aliphatic carbocycles. The Morgan fingerprint density at radius 2 is 1.04 bits per heavy atom. The van der Waals surface area contributed by atoms with Crippen LogP contribution in [0.5, 0.6) is 0 Å². The number of rotatable bonds is 38. The lowest BCUT2D eigenvalue weighted by atomic mass is 10.1. The van der Waals surface area contributed by atoms with Crippen LogP contribution in [0.15, 0.2) is 36.6 Å². The summed E-state index contributed by atoms with van der Waals surface area (Å²) >= 11 is 0. The lowest BCUT2D eigenvalue weighted by Crippen LogP contribution is -2.37. The van der Waals surface area contributed by atoms with E-state index in [1.807, 2.05) is 27.2 Å². The van der Waals surface area contributed by atoms with E-state index < -0.39 is 13.9 Å². The monoisotopic (exact) mass is 742 g/mol. The molecular formula is C42H80NO7P. The molecule has 0 saturated carbocycles. The third-order valence-electron chi connectivity index (χ3n) is 8.73. The molecule has 8 nitrogen and oxygen atoms in total. The van der Waals surface area contributed by atoms with Crippen LogP contribution in [-0.2, 0) is 27.9 Å². The summed E-state index contributed by atoms with van der Waals surface area (Å²) in [5.74, 6) is -0.368. The Morgan fingerprint density at radius 1 is 0.608 bits per heavy atom. The molecule has 0 amide bonds. The third kappa shape index (κ3) is 39.6. The predicted molar refractivity (Wildman–Crippen MR) is 212 cm³/mol. The molecule has 0 bridgehead atoms. The van der Waals surface area contributed by atoms with E-state index in [1.165, 1.54) is 109 Å². The lowest BCUT2D eigenvalue weighted by molar-refractivity contribution is -0.870. The second kappa shape index (κ2) is 35.6. The van der Waals surface area contributed by atoms with Gasteiger partial charge in [0.1, 0.15) is 19.8 Å². The number of carbonyl (C=O) groups is 1. The van der Waals surface area contributed by atoms with Gasteiger partial charge < -0.3 is 27.9 Å². The van der Waals surface area contributed by atoms with Gasteiger partial charge in [-0.25, -0.2) is 0 Å². The van der Waals surface area contributed by atoms with Crippen LogP contribution in [0.4, 0.5) is 0 Å². The van der Waals surface area contributed by atoms with E-state index >= 15 is 0 Å². The summed E-state index contributed by atoms with van der Waals surface area (Å²) in [4.78, 5) is 24.9. The van der Waals surface area contributed by atoms with Crippen molar-refractivity contribution in [1.29, 1.82) is 0 Å². The van der Waals surface area contributed by atoms with Gasteiger partial charge in [0.25, 0.3) is 7.82 Å². The van der Waals surface area contributed by atoms with Gasteiger partial charge >= 0.3 is 5.97 Å². The van der Waals surface area contributed by atoms with Crippen molar-refractivity contribution in [2.75, 3.05) is 47.5 Å². The Balaban J connectivity index is 4.34. The molecule has 0 aromatic carbocycles. The number of ether oxygens (including phenoxy) is 2. The summed E-state index contributed by atoms with van der Waals surface area (Å²) in [5.41, 5.74) is 0.